The Morgan fingerprint density at radius 1 is 1.00 bits per heavy atom. The van der Waals surface area contributed by atoms with E-state index in [1.807, 2.05) is 0 Å². The van der Waals surface area contributed by atoms with Gasteiger partial charge in [0.2, 0.25) is 0 Å². The Kier molecular flexibility index (Phi) is 3.45. The van der Waals surface area contributed by atoms with E-state index >= 15 is 0 Å². The Hall–Kier alpha value is -0.0800. The second-order valence-electron chi connectivity index (χ2n) is 6.42. The van der Waals surface area contributed by atoms with Gasteiger partial charge in [0.15, 0.2) is 0 Å². The monoisotopic (exact) mass is 236 g/mol. The lowest BCUT2D eigenvalue weighted by atomic mass is 9.73. The standard InChI is InChI=1S/C15H28N2/c1-2-15(8-5-9-15)17-12-6-11-16-10-4-3-7-14(16)13-17/h14H,2-13H2,1H3. The van der Waals surface area contributed by atoms with Crippen molar-refractivity contribution < 1.29 is 0 Å². The summed E-state index contributed by atoms with van der Waals surface area (Å²) in [6, 6.07) is 0.885. The van der Waals surface area contributed by atoms with E-state index < -0.39 is 0 Å². The van der Waals surface area contributed by atoms with Gasteiger partial charge in [0.1, 0.15) is 0 Å². The minimum Gasteiger partial charge on any atom is -0.299 e. The molecule has 3 rings (SSSR count). The van der Waals surface area contributed by atoms with E-state index in [0.717, 1.165) is 6.04 Å². The van der Waals surface area contributed by atoms with Gasteiger partial charge in [-0.05, 0) is 64.6 Å². The fourth-order valence-corrected chi connectivity index (χ4v) is 4.28. The normalized spacial score (nSPS) is 34.8. The Bertz CT molecular complexity index is 254. The van der Waals surface area contributed by atoms with Crippen LogP contribution in [0.5, 0.6) is 0 Å². The summed E-state index contributed by atoms with van der Waals surface area (Å²) in [6.45, 7) is 7.87. The van der Waals surface area contributed by atoms with Crippen molar-refractivity contribution in [3.63, 3.8) is 0 Å². The maximum Gasteiger partial charge on any atom is 0.0223 e. The molecule has 0 N–H and O–H groups in total. The first-order valence-electron chi connectivity index (χ1n) is 7.83. The second kappa shape index (κ2) is 4.89. The van der Waals surface area contributed by atoms with Gasteiger partial charge in [-0.1, -0.05) is 13.3 Å². The zero-order valence-corrected chi connectivity index (χ0v) is 11.5. The molecule has 2 heteroatoms. The van der Waals surface area contributed by atoms with Gasteiger partial charge in [-0.3, -0.25) is 9.80 Å². The highest BCUT2D eigenvalue weighted by molar-refractivity contribution is 4.99. The summed E-state index contributed by atoms with van der Waals surface area (Å²) in [6.07, 6.45) is 11.5. The molecule has 98 valence electrons. The van der Waals surface area contributed by atoms with E-state index in [2.05, 4.69) is 16.7 Å². The quantitative estimate of drug-likeness (QED) is 0.727. The largest absolute Gasteiger partial charge is 0.299 e. The van der Waals surface area contributed by atoms with Crippen LogP contribution in [-0.4, -0.2) is 47.6 Å². The van der Waals surface area contributed by atoms with Crippen molar-refractivity contribution in [1.82, 2.24) is 9.80 Å². The first-order valence-corrected chi connectivity index (χ1v) is 7.83. The molecular weight excluding hydrogens is 208 g/mol. The Balaban J connectivity index is 1.69. The molecule has 0 aromatic carbocycles. The Labute approximate surface area is 106 Å². The molecular formula is C15H28N2. The van der Waals surface area contributed by atoms with E-state index in [9.17, 15) is 0 Å². The van der Waals surface area contributed by atoms with Crippen molar-refractivity contribution in [3.8, 4) is 0 Å². The molecule has 17 heavy (non-hydrogen) atoms. The number of hydrogen-bond acceptors (Lipinski definition) is 2. The molecule has 0 radical (unpaired) electrons. The molecule has 3 aliphatic rings. The number of fused-ring (bicyclic) bond motifs is 1. The molecule has 2 saturated heterocycles. The molecule has 1 aliphatic carbocycles. The van der Waals surface area contributed by atoms with Crippen LogP contribution in [0.3, 0.4) is 0 Å². The van der Waals surface area contributed by atoms with Crippen LogP contribution in [0.2, 0.25) is 0 Å². The predicted molar refractivity (Wildman–Crippen MR) is 72.3 cm³/mol. The maximum atomic E-state index is 2.88. The molecule has 3 fully saturated rings. The molecule has 2 nitrogen and oxygen atoms in total. The van der Waals surface area contributed by atoms with Gasteiger partial charge in [-0.25, -0.2) is 0 Å². The average molecular weight is 236 g/mol. The third kappa shape index (κ3) is 2.15. The van der Waals surface area contributed by atoms with Crippen molar-refractivity contribution in [3.05, 3.63) is 0 Å². The smallest absolute Gasteiger partial charge is 0.0223 e. The molecule has 2 aliphatic heterocycles. The van der Waals surface area contributed by atoms with Gasteiger partial charge in [0, 0.05) is 18.1 Å². The highest BCUT2D eigenvalue weighted by Crippen LogP contribution is 2.41. The van der Waals surface area contributed by atoms with Gasteiger partial charge in [-0.15, -0.1) is 0 Å². The summed E-state index contributed by atoms with van der Waals surface area (Å²) in [5.74, 6) is 0. The topological polar surface area (TPSA) is 6.48 Å². The maximum absolute atomic E-state index is 2.88. The minimum atomic E-state index is 0.619. The van der Waals surface area contributed by atoms with Crippen molar-refractivity contribution >= 4 is 0 Å². The lowest BCUT2D eigenvalue weighted by Gasteiger charge is -2.51. The molecule has 1 atom stereocenters. The van der Waals surface area contributed by atoms with Gasteiger partial charge in [0.05, 0.1) is 0 Å². The molecule has 0 bridgehead atoms. The van der Waals surface area contributed by atoms with Gasteiger partial charge in [0.25, 0.3) is 0 Å². The van der Waals surface area contributed by atoms with E-state index in [0.29, 0.717) is 5.54 Å². The molecule has 0 amide bonds. The SMILES string of the molecule is CCC1(N2CCCN3CCCCC3C2)CCC1. The first-order chi connectivity index (χ1) is 8.34. The molecule has 1 saturated carbocycles. The lowest BCUT2D eigenvalue weighted by molar-refractivity contribution is 0.00147. The molecule has 1 unspecified atom stereocenters. The molecule has 0 aromatic rings. The summed E-state index contributed by atoms with van der Waals surface area (Å²) in [4.78, 5) is 5.66. The summed E-state index contributed by atoms with van der Waals surface area (Å²) in [5.41, 5.74) is 0.619. The molecule has 0 spiro atoms. The van der Waals surface area contributed by atoms with Crippen molar-refractivity contribution in [2.75, 3.05) is 26.2 Å². The predicted octanol–water partition coefficient (Wildman–Crippen LogP) is 2.88. The van der Waals surface area contributed by atoms with Crippen molar-refractivity contribution in [1.29, 1.82) is 0 Å². The van der Waals surface area contributed by atoms with Crippen LogP contribution in [-0.2, 0) is 0 Å². The summed E-state index contributed by atoms with van der Waals surface area (Å²) in [5, 5.41) is 0. The van der Waals surface area contributed by atoms with Crippen LogP contribution in [0.25, 0.3) is 0 Å². The van der Waals surface area contributed by atoms with Gasteiger partial charge in [-0.2, -0.15) is 0 Å². The third-order valence-electron chi connectivity index (χ3n) is 5.67. The molecule has 0 aromatic heterocycles. The average Bonchev–Trinajstić information content (AvgIpc) is 2.50. The zero-order valence-electron chi connectivity index (χ0n) is 11.5. The molecule has 2 heterocycles. The Morgan fingerprint density at radius 3 is 2.53 bits per heavy atom. The lowest BCUT2D eigenvalue weighted by Crippen LogP contribution is -2.56. The fourth-order valence-electron chi connectivity index (χ4n) is 4.28. The second-order valence-corrected chi connectivity index (χ2v) is 6.42. The van der Waals surface area contributed by atoms with Crippen LogP contribution < -0.4 is 0 Å². The Morgan fingerprint density at radius 2 is 1.82 bits per heavy atom. The summed E-state index contributed by atoms with van der Waals surface area (Å²) >= 11 is 0. The first kappa shape index (κ1) is 12.0. The van der Waals surface area contributed by atoms with Crippen molar-refractivity contribution in [2.45, 2.75) is 69.9 Å². The van der Waals surface area contributed by atoms with Gasteiger partial charge < -0.3 is 0 Å². The number of rotatable bonds is 2. The summed E-state index contributed by atoms with van der Waals surface area (Å²) < 4.78 is 0. The number of piperidine rings is 1. The van der Waals surface area contributed by atoms with Crippen LogP contribution in [0, 0.1) is 0 Å². The number of nitrogens with zero attached hydrogens (tertiary/aromatic N) is 2. The van der Waals surface area contributed by atoms with Crippen molar-refractivity contribution in [2.24, 2.45) is 0 Å². The van der Waals surface area contributed by atoms with Gasteiger partial charge >= 0.3 is 0 Å². The van der Waals surface area contributed by atoms with Crippen LogP contribution in [0.15, 0.2) is 0 Å². The third-order valence-corrected chi connectivity index (χ3v) is 5.67. The highest BCUT2D eigenvalue weighted by Gasteiger charge is 2.42. The van der Waals surface area contributed by atoms with E-state index in [4.69, 9.17) is 0 Å². The minimum absolute atomic E-state index is 0.619. The summed E-state index contributed by atoms with van der Waals surface area (Å²) in [7, 11) is 0. The van der Waals surface area contributed by atoms with E-state index in [1.165, 1.54) is 77.5 Å². The van der Waals surface area contributed by atoms with E-state index in [1.54, 1.807) is 0 Å². The highest BCUT2D eigenvalue weighted by atomic mass is 15.3. The number of hydrogen-bond donors (Lipinski definition) is 0. The van der Waals surface area contributed by atoms with Crippen LogP contribution >= 0.6 is 0 Å². The zero-order chi connectivity index (χ0) is 11.7. The van der Waals surface area contributed by atoms with Crippen LogP contribution in [0.1, 0.15) is 58.3 Å². The fraction of sp³-hybridized carbons (Fsp3) is 1.00. The van der Waals surface area contributed by atoms with Crippen LogP contribution in [0.4, 0.5) is 0 Å². The van der Waals surface area contributed by atoms with E-state index in [-0.39, 0.29) is 0 Å².